The van der Waals surface area contributed by atoms with Crippen molar-refractivity contribution in [3.63, 3.8) is 0 Å². The fraction of sp³-hybridized carbons (Fsp3) is 0.500. The van der Waals surface area contributed by atoms with Gasteiger partial charge in [0.25, 0.3) is 0 Å². The number of aliphatic hydroxyl groups is 1. The number of aromatic nitrogens is 3. The van der Waals surface area contributed by atoms with E-state index in [1.165, 1.54) is 18.4 Å². The molecule has 0 saturated carbocycles. The second-order valence-corrected chi connectivity index (χ2v) is 8.78. The lowest BCUT2D eigenvalue weighted by atomic mass is 9.91. The highest BCUT2D eigenvalue weighted by Gasteiger charge is 2.26. The Hall–Kier alpha value is -2.11. The minimum atomic E-state index is 0.216. The zero-order valence-electron chi connectivity index (χ0n) is 17.9. The van der Waals surface area contributed by atoms with Crippen LogP contribution >= 0.6 is 11.6 Å². The highest BCUT2D eigenvalue weighted by Crippen LogP contribution is 2.32. The van der Waals surface area contributed by atoms with Crippen LogP contribution < -0.4 is 4.90 Å². The zero-order chi connectivity index (χ0) is 21.1. The SMILES string of the molecule is CCCC(c1ccc(Cl)cc1)c1cc2nc(C)cc(N3CCCCC3CCO)n2n1. The van der Waals surface area contributed by atoms with Crippen molar-refractivity contribution in [2.45, 2.75) is 64.3 Å². The summed E-state index contributed by atoms with van der Waals surface area (Å²) < 4.78 is 2.01. The molecule has 160 valence electrons. The maximum Gasteiger partial charge on any atom is 0.157 e. The molecule has 2 atom stereocenters. The van der Waals surface area contributed by atoms with Crippen molar-refractivity contribution in [3.8, 4) is 0 Å². The second-order valence-electron chi connectivity index (χ2n) is 8.34. The Morgan fingerprint density at radius 2 is 2.00 bits per heavy atom. The van der Waals surface area contributed by atoms with Gasteiger partial charge >= 0.3 is 0 Å². The molecule has 4 rings (SSSR count). The molecule has 6 heteroatoms. The molecule has 0 aliphatic carbocycles. The average molecular weight is 427 g/mol. The Morgan fingerprint density at radius 3 is 2.73 bits per heavy atom. The predicted molar refractivity (Wildman–Crippen MR) is 123 cm³/mol. The van der Waals surface area contributed by atoms with E-state index in [1.54, 1.807) is 0 Å². The van der Waals surface area contributed by atoms with Gasteiger partial charge in [0, 0.05) is 48.0 Å². The van der Waals surface area contributed by atoms with Gasteiger partial charge in [0.15, 0.2) is 5.65 Å². The maximum atomic E-state index is 9.56. The molecular weight excluding hydrogens is 396 g/mol. The highest BCUT2D eigenvalue weighted by atomic mass is 35.5. The normalized spacial score (nSPS) is 18.1. The summed E-state index contributed by atoms with van der Waals surface area (Å²) in [5, 5.41) is 15.4. The van der Waals surface area contributed by atoms with E-state index in [0.29, 0.717) is 6.04 Å². The number of benzene rings is 1. The Balaban J connectivity index is 1.77. The van der Waals surface area contributed by atoms with Gasteiger partial charge in [0.1, 0.15) is 5.82 Å². The molecule has 1 saturated heterocycles. The number of fused-ring (bicyclic) bond motifs is 1. The van der Waals surface area contributed by atoms with Crippen LogP contribution in [0.3, 0.4) is 0 Å². The lowest BCUT2D eigenvalue weighted by molar-refractivity contribution is 0.262. The Labute approximate surface area is 183 Å². The Morgan fingerprint density at radius 1 is 1.20 bits per heavy atom. The van der Waals surface area contributed by atoms with E-state index in [0.717, 1.165) is 60.1 Å². The molecular formula is C24H31ClN4O. The monoisotopic (exact) mass is 426 g/mol. The number of anilines is 1. The van der Waals surface area contributed by atoms with Crippen LogP contribution in [-0.4, -0.2) is 38.9 Å². The van der Waals surface area contributed by atoms with Crippen molar-refractivity contribution in [3.05, 3.63) is 58.4 Å². The van der Waals surface area contributed by atoms with Gasteiger partial charge in [0.05, 0.1) is 5.69 Å². The van der Waals surface area contributed by atoms with Gasteiger partial charge < -0.3 is 10.0 Å². The lowest BCUT2D eigenvalue weighted by Crippen LogP contribution is -2.41. The molecule has 0 spiro atoms. The quantitative estimate of drug-likeness (QED) is 0.552. The molecule has 0 radical (unpaired) electrons. The van der Waals surface area contributed by atoms with Crippen LogP contribution in [0.2, 0.25) is 5.02 Å². The van der Waals surface area contributed by atoms with Crippen LogP contribution in [0.4, 0.5) is 5.82 Å². The van der Waals surface area contributed by atoms with E-state index >= 15 is 0 Å². The largest absolute Gasteiger partial charge is 0.396 e. The molecule has 1 aromatic carbocycles. The average Bonchev–Trinajstić information content (AvgIpc) is 3.16. The third-order valence-electron chi connectivity index (χ3n) is 6.15. The van der Waals surface area contributed by atoms with Crippen LogP contribution in [0.5, 0.6) is 0 Å². The fourth-order valence-electron chi connectivity index (χ4n) is 4.69. The van der Waals surface area contributed by atoms with Gasteiger partial charge in [-0.05, 0) is 56.7 Å². The molecule has 1 fully saturated rings. The highest BCUT2D eigenvalue weighted by molar-refractivity contribution is 6.30. The van der Waals surface area contributed by atoms with Gasteiger partial charge in [-0.15, -0.1) is 0 Å². The first-order chi connectivity index (χ1) is 14.6. The van der Waals surface area contributed by atoms with Crippen molar-refractivity contribution in [2.75, 3.05) is 18.1 Å². The summed E-state index contributed by atoms with van der Waals surface area (Å²) in [6.45, 7) is 5.46. The number of hydrogen-bond donors (Lipinski definition) is 1. The van der Waals surface area contributed by atoms with Crippen molar-refractivity contribution in [1.82, 2.24) is 14.6 Å². The smallest absolute Gasteiger partial charge is 0.157 e. The summed E-state index contributed by atoms with van der Waals surface area (Å²) in [6, 6.07) is 12.7. The first kappa shape index (κ1) is 21.1. The van der Waals surface area contributed by atoms with Gasteiger partial charge in [-0.25, -0.2) is 4.98 Å². The van der Waals surface area contributed by atoms with E-state index in [-0.39, 0.29) is 12.5 Å². The molecule has 3 aromatic rings. The van der Waals surface area contributed by atoms with E-state index < -0.39 is 0 Å². The molecule has 1 N–H and O–H groups in total. The van der Waals surface area contributed by atoms with E-state index in [2.05, 4.69) is 36.1 Å². The van der Waals surface area contributed by atoms with Crippen molar-refractivity contribution in [1.29, 1.82) is 0 Å². The summed E-state index contributed by atoms with van der Waals surface area (Å²) >= 11 is 6.11. The standard InChI is InChI=1S/C24H31ClN4O/c1-3-6-21(18-8-10-19(25)11-9-18)22-16-23-26-17(2)15-24(29(23)27-22)28-13-5-4-7-20(28)12-14-30/h8-11,15-16,20-21,30H,3-7,12-14H2,1-2H3. The topological polar surface area (TPSA) is 53.7 Å². The fourth-order valence-corrected chi connectivity index (χ4v) is 4.82. The van der Waals surface area contributed by atoms with Gasteiger partial charge in [-0.3, -0.25) is 0 Å². The van der Waals surface area contributed by atoms with Crippen molar-refractivity contribution < 1.29 is 5.11 Å². The number of nitrogens with zero attached hydrogens (tertiary/aromatic N) is 4. The number of halogens is 1. The van der Waals surface area contributed by atoms with E-state index in [1.807, 2.05) is 23.6 Å². The third-order valence-corrected chi connectivity index (χ3v) is 6.40. The van der Waals surface area contributed by atoms with Gasteiger partial charge in [-0.1, -0.05) is 37.1 Å². The molecule has 1 aliphatic rings. The Kier molecular flexibility index (Phi) is 6.59. The summed E-state index contributed by atoms with van der Waals surface area (Å²) in [4.78, 5) is 7.20. The van der Waals surface area contributed by atoms with E-state index in [9.17, 15) is 5.11 Å². The molecule has 0 amide bonds. The second kappa shape index (κ2) is 9.36. The first-order valence-corrected chi connectivity index (χ1v) is 11.5. The van der Waals surface area contributed by atoms with Crippen molar-refractivity contribution >= 4 is 23.1 Å². The number of aryl methyl sites for hydroxylation is 1. The van der Waals surface area contributed by atoms with Crippen LogP contribution in [0.15, 0.2) is 36.4 Å². The van der Waals surface area contributed by atoms with Gasteiger partial charge in [-0.2, -0.15) is 9.61 Å². The first-order valence-electron chi connectivity index (χ1n) is 11.1. The molecule has 3 heterocycles. The summed E-state index contributed by atoms with van der Waals surface area (Å²) in [6.07, 6.45) is 6.39. The molecule has 2 unspecified atom stereocenters. The van der Waals surface area contributed by atoms with E-state index in [4.69, 9.17) is 21.7 Å². The van der Waals surface area contributed by atoms with Crippen molar-refractivity contribution in [2.24, 2.45) is 0 Å². The molecule has 0 bridgehead atoms. The summed E-state index contributed by atoms with van der Waals surface area (Å²) in [7, 11) is 0. The van der Waals surface area contributed by atoms with Crippen LogP contribution in [-0.2, 0) is 0 Å². The minimum absolute atomic E-state index is 0.216. The number of piperidine rings is 1. The van der Waals surface area contributed by atoms with Gasteiger partial charge in [0.2, 0.25) is 0 Å². The number of aliphatic hydroxyl groups excluding tert-OH is 1. The summed E-state index contributed by atoms with van der Waals surface area (Å²) in [5.74, 6) is 1.31. The summed E-state index contributed by atoms with van der Waals surface area (Å²) in [5.41, 5.74) is 4.17. The number of hydrogen-bond acceptors (Lipinski definition) is 4. The van der Waals surface area contributed by atoms with Crippen LogP contribution in [0.1, 0.15) is 68.3 Å². The lowest BCUT2D eigenvalue weighted by Gasteiger charge is -2.37. The minimum Gasteiger partial charge on any atom is -0.396 e. The number of rotatable bonds is 7. The third kappa shape index (κ3) is 4.33. The predicted octanol–water partition coefficient (Wildman–Crippen LogP) is 5.36. The molecule has 1 aliphatic heterocycles. The Bertz CT molecular complexity index is 983. The molecule has 5 nitrogen and oxygen atoms in total. The van der Waals surface area contributed by atoms with Crippen LogP contribution in [0.25, 0.3) is 5.65 Å². The molecule has 30 heavy (non-hydrogen) atoms. The van der Waals surface area contributed by atoms with Crippen LogP contribution in [0, 0.1) is 6.92 Å². The maximum absolute atomic E-state index is 9.56. The molecule has 2 aromatic heterocycles. The zero-order valence-corrected chi connectivity index (χ0v) is 18.6.